The highest BCUT2D eigenvalue weighted by Crippen LogP contribution is 2.18. The van der Waals surface area contributed by atoms with E-state index in [1.807, 2.05) is 9.80 Å². The smallest absolute Gasteiger partial charge is 0.236 e. The number of ether oxygens (including phenoxy) is 1. The summed E-state index contributed by atoms with van der Waals surface area (Å²) in [6.07, 6.45) is 3.62. The van der Waals surface area contributed by atoms with Gasteiger partial charge in [-0.25, -0.2) is 0 Å². The van der Waals surface area contributed by atoms with Crippen molar-refractivity contribution in [1.82, 2.24) is 15.1 Å². The Hall–Kier alpha value is -0.850. The Bertz CT molecular complexity index is 434. The highest BCUT2D eigenvalue weighted by Gasteiger charge is 2.31. The van der Waals surface area contributed by atoms with Gasteiger partial charge in [-0.05, 0) is 32.1 Å². The van der Waals surface area contributed by atoms with Gasteiger partial charge in [0.1, 0.15) is 0 Å². The van der Waals surface area contributed by atoms with Crippen molar-refractivity contribution < 1.29 is 14.3 Å². The largest absolute Gasteiger partial charge is 0.378 e. The first kappa shape index (κ1) is 22.2. The minimum Gasteiger partial charge on any atom is -0.378 e. The Labute approximate surface area is 158 Å². The zero-order valence-corrected chi connectivity index (χ0v) is 16.6. The van der Waals surface area contributed by atoms with Crippen molar-refractivity contribution in [2.24, 2.45) is 5.92 Å². The minimum absolute atomic E-state index is 0. The molecule has 2 atom stereocenters. The number of halogens is 1. The normalized spacial score (nSPS) is 22.7. The molecule has 2 fully saturated rings. The highest BCUT2D eigenvalue weighted by molar-refractivity contribution is 5.85. The zero-order valence-electron chi connectivity index (χ0n) is 15.8. The van der Waals surface area contributed by atoms with E-state index >= 15 is 0 Å². The molecule has 2 unspecified atom stereocenters. The summed E-state index contributed by atoms with van der Waals surface area (Å²) >= 11 is 0. The molecule has 6 nitrogen and oxygen atoms in total. The summed E-state index contributed by atoms with van der Waals surface area (Å²) in [6.45, 7) is 10.4. The number of hydrogen-bond acceptors (Lipinski definition) is 4. The van der Waals surface area contributed by atoms with Crippen LogP contribution in [0.2, 0.25) is 0 Å². The number of carbonyl (C=O) groups is 2. The molecule has 2 saturated heterocycles. The molecular weight excluding hydrogens is 342 g/mol. The lowest BCUT2D eigenvalue weighted by Gasteiger charge is -2.41. The second-order valence-corrected chi connectivity index (χ2v) is 7.46. The van der Waals surface area contributed by atoms with Gasteiger partial charge < -0.3 is 19.9 Å². The number of piperazine rings is 1. The highest BCUT2D eigenvalue weighted by atomic mass is 35.5. The Morgan fingerprint density at radius 3 is 2.76 bits per heavy atom. The fraction of sp³-hybridized carbons (Fsp3) is 0.889. The number of nitrogens with zero attached hydrogens (tertiary/aromatic N) is 2. The quantitative estimate of drug-likeness (QED) is 0.735. The van der Waals surface area contributed by atoms with Gasteiger partial charge in [-0.3, -0.25) is 9.59 Å². The van der Waals surface area contributed by atoms with Gasteiger partial charge in [-0.15, -0.1) is 12.4 Å². The van der Waals surface area contributed by atoms with Gasteiger partial charge in [0.25, 0.3) is 0 Å². The lowest BCUT2D eigenvalue weighted by molar-refractivity contribution is -0.141. The third-order valence-electron chi connectivity index (χ3n) is 4.84. The van der Waals surface area contributed by atoms with Gasteiger partial charge >= 0.3 is 0 Å². The summed E-state index contributed by atoms with van der Waals surface area (Å²) < 4.78 is 5.75. The molecule has 2 rings (SSSR count). The summed E-state index contributed by atoms with van der Waals surface area (Å²) in [4.78, 5) is 28.4. The maximum atomic E-state index is 12.4. The molecule has 0 saturated carbocycles. The van der Waals surface area contributed by atoms with Crippen molar-refractivity contribution in [3.8, 4) is 0 Å². The number of nitrogens with one attached hydrogen (secondary N) is 1. The first-order chi connectivity index (χ1) is 11.5. The molecule has 2 aliphatic heterocycles. The summed E-state index contributed by atoms with van der Waals surface area (Å²) in [6, 6.07) is 0.179. The van der Waals surface area contributed by atoms with E-state index in [0.717, 1.165) is 38.9 Å². The number of hydrogen-bond donors (Lipinski definition) is 1. The molecule has 2 amide bonds. The monoisotopic (exact) mass is 375 g/mol. The van der Waals surface area contributed by atoms with Gasteiger partial charge in [0.2, 0.25) is 11.8 Å². The third kappa shape index (κ3) is 7.12. The fourth-order valence-corrected chi connectivity index (χ4v) is 3.68. The van der Waals surface area contributed by atoms with Crippen LogP contribution in [0.4, 0.5) is 0 Å². The van der Waals surface area contributed by atoms with Crippen LogP contribution in [-0.2, 0) is 14.3 Å². The lowest BCUT2D eigenvalue weighted by Crippen LogP contribution is -2.57. The van der Waals surface area contributed by atoms with Crippen molar-refractivity contribution in [2.45, 2.75) is 58.6 Å². The van der Waals surface area contributed by atoms with Gasteiger partial charge in [-0.2, -0.15) is 0 Å². The van der Waals surface area contributed by atoms with Gasteiger partial charge in [0.05, 0.1) is 25.7 Å². The zero-order chi connectivity index (χ0) is 17.5. The van der Waals surface area contributed by atoms with E-state index in [1.165, 1.54) is 0 Å². The molecule has 0 radical (unpaired) electrons. The first-order valence-corrected chi connectivity index (χ1v) is 9.37. The van der Waals surface area contributed by atoms with E-state index in [2.05, 4.69) is 26.1 Å². The number of likely N-dealkylation sites (tertiary alicyclic amines) is 1. The molecular formula is C18H34ClN3O3. The van der Waals surface area contributed by atoms with Crippen molar-refractivity contribution in [2.75, 3.05) is 39.3 Å². The Morgan fingerprint density at radius 1 is 1.32 bits per heavy atom. The van der Waals surface area contributed by atoms with E-state index in [9.17, 15) is 9.59 Å². The standard InChI is InChI=1S/C18H33N3O3.ClH/c1-14(2)11-15(3)24-10-6-17(22)20-8-4-5-16(13-20)21-9-7-19-12-18(21)23;/h14-16,19H,4-13H2,1-3H3;1H. The van der Waals surface area contributed by atoms with Crippen LogP contribution in [0.15, 0.2) is 0 Å². The molecule has 2 aliphatic rings. The van der Waals surface area contributed by atoms with Crippen LogP contribution >= 0.6 is 12.4 Å². The Morgan fingerprint density at radius 2 is 2.08 bits per heavy atom. The van der Waals surface area contributed by atoms with Gasteiger partial charge in [0.15, 0.2) is 0 Å². The summed E-state index contributed by atoms with van der Waals surface area (Å²) in [5.41, 5.74) is 0. The average molecular weight is 376 g/mol. The maximum absolute atomic E-state index is 12.4. The van der Waals surface area contributed by atoms with Crippen LogP contribution in [0.1, 0.15) is 46.5 Å². The number of rotatable bonds is 7. The lowest BCUT2D eigenvalue weighted by atomic mass is 10.0. The van der Waals surface area contributed by atoms with Gasteiger partial charge in [0, 0.05) is 32.2 Å². The summed E-state index contributed by atoms with van der Waals surface area (Å²) in [7, 11) is 0. The SMILES string of the molecule is CC(C)CC(C)OCCC(=O)N1CCCC(N2CCNCC2=O)C1.Cl. The molecule has 0 aromatic carbocycles. The van der Waals surface area contributed by atoms with Crippen LogP contribution in [0, 0.1) is 5.92 Å². The van der Waals surface area contributed by atoms with Crippen LogP contribution in [0.3, 0.4) is 0 Å². The predicted octanol–water partition coefficient (Wildman–Crippen LogP) is 1.67. The van der Waals surface area contributed by atoms with E-state index in [1.54, 1.807) is 0 Å². The minimum atomic E-state index is 0. The summed E-state index contributed by atoms with van der Waals surface area (Å²) in [5, 5.41) is 3.10. The molecule has 2 heterocycles. The fourth-order valence-electron chi connectivity index (χ4n) is 3.68. The second kappa shape index (κ2) is 11.0. The Kier molecular flexibility index (Phi) is 9.75. The molecule has 146 valence electrons. The number of amides is 2. The predicted molar refractivity (Wildman–Crippen MR) is 101 cm³/mol. The molecule has 1 N–H and O–H groups in total. The second-order valence-electron chi connectivity index (χ2n) is 7.46. The number of carbonyl (C=O) groups excluding carboxylic acids is 2. The topological polar surface area (TPSA) is 61.9 Å². The van der Waals surface area contributed by atoms with E-state index in [4.69, 9.17) is 4.74 Å². The Balaban J connectivity index is 0.00000312. The number of piperidine rings is 1. The van der Waals surface area contributed by atoms with Crippen molar-refractivity contribution >= 4 is 24.2 Å². The molecule has 25 heavy (non-hydrogen) atoms. The van der Waals surface area contributed by atoms with E-state index in [-0.39, 0.29) is 36.4 Å². The molecule has 0 aromatic rings. The van der Waals surface area contributed by atoms with Crippen LogP contribution in [0.5, 0.6) is 0 Å². The third-order valence-corrected chi connectivity index (χ3v) is 4.84. The average Bonchev–Trinajstić information content (AvgIpc) is 2.54. The van der Waals surface area contributed by atoms with Gasteiger partial charge in [-0.1, -0.05) is 13.8 Å². The molecule has 0 aromatic heterocycles. The molecule has 0 spiro atoms. The van der Waals surface area contributed by atoms with Crippen molar-refractivity contribution in [3.63, 3.8) is 0 Å². The van der Waals surface area contributed by atoms with E-state index in [0.29, 0.717) is 32.0 Å². The first-order valence-electron chi connectivity index (χ1n) is 9.37. The van der Waals surface area contributed by atoms with Crippen molar-refractivity contribution in [1.29, 1.82) is 0 Å². The molecule has 7 heteroatoms. The summed E-state index contributed by atoms with van der Waals surface area (Å²) in [5.74, 6) is 0.917. The molecule has 0 aliphatic carbocycles. The van der Waals surface area contributed by atoms with Crippen LogP contribution in [0.25, 0.3) is 0 Å². The maximum Gasteiger partial charge on any atom is 0.236 e. The van der Waals surface area contributed by atoms with Crippen LogP contribution in [-0.4, -0.2) is 73.1 Å². The van der Waals surface area contributed by atoms with Crippen molar-refractivity contribution in [3.05, 3.63) is 0 Å². The van der Waals surface area contributed by atoms with E-state index < -0.39 is 0 Å². The van der Waals surface area contributed by atoms with Crippen LogP contribution < -0.4 is 5.32 Å². The molecule has 0 bridgehead atoms.